The molecule has 0 aliphatic rings. The lowest BCUT2D eigenvalue weighted by atomic mass is 10.2. The van der Waals surface area contributed by atoms with Gasteiger partial charge in [0.25, 0.3) is 5.91 Å². The van der Waals surface area contributed by atoms with Crippen LogP contribution in [-0.2, 0) is 0 Å². The van der Waals surface area contributed by atoms with Gasteiger partial charge >= 0.3 is 0 Å². The number of hydrazone groups is 1. The molecular formula is C16H16N2O4. The minimum Gasteiger partial charge on any atom is -0.508 e. The van der Waals surface area contributed by atoms with E-state index in [4.69, 9.17) is 4.74 Å². The van der Waals surface area contributed by atoms with Crippen LogP contribution in [0.3, 0.4) is 0 Å². The minimum absolute atomic E-state index is 0.0293. The van der Waals surface area contributed by atoms with Crippen LogP contribution in [0.25, 0.3) is 0 Å². The number of hydrogen-bond donors (Lipinski definition) is 3. The van der Waals surface area contributed by atoms with Crippen molar-refractivity contribution in [2.75, 3.05) is 6.61 Å². The number of aromatic hydroxyl groups is 2. The summed E-state index contributed by atoms with van der Waals surface area (Å²) in [6.07, 6.45) is 1.48. The Morgan fingerprint density at radius 1 is 1.23 bits per heavy atom. The molecule has 0 fully saturated rings. The van der Waals surface area contributed by atoms with Gasteiger partial charge in [0.15, 0.2) is 0 Å². The monoisotopic (exact) mass is 300 g/mol. The molecule has 0 atom stereocenters. The highest BCUT2D eigenvalue weighted by Crippen LogP contribution is 2.22. The van der Waals surface area contributed by atoms with Crippen molar-refractivity contribution in [3.63, 3.8) is 0 Å². The molecule has 0 aliphatic carbocycles. The molecule has 0 aromatic heterocycles. The van der Waals surface area contributed by atoms with Crippen molar-refractivity contribution in [1.29, 1.82) is 0 Å². The Hall–Kier alpha value is -3.02. The van der Waals surface area contributed by atoms with Gasteiger partial charge in [-0.1, -0.05) is 0 Å². The van der Waals surface area contributed by atoms with E-state index in [9.17, 15) is 15.0 Å². The first-order chi connectivity index (χ1) is 10.6. The second-order valence-corrected chi connectivity index (χ2v) is 4.40. The van der Waals surface area contributed by atoms with Crippen LogP contribution in [0.2, 0.25) is 0 Å². The number of phenolic OH excluding ortho intramolecular Hbond substituents is 2. The maximum Gasteiger partial charge on any atom is 0.275 e. The quantitative estimate of drug-likeness (QED) is 0.583. The van der Waals surface area contributed by atoms with Crippen molar-refractivity contribution in [1.82, 2.24) is 5.43 Å². The van der Waals surface area contributed by atoms with E-state index in [0.29, 0.717) is 6.61 Å². The summed E-state index contributed by atoms with van der Waals surface area (Å²) in [6, 6.07) is 10.9. The van der Waals surface area contributed by atoms with Crippen LogP contribution in [0.15, 0.2) is 47.6 Å². The van der Waals surface area contributed by atoms with Gasteiger partial charge in [-0.15, -0.1) is 0 Å². The Morgan fingerprint density at radius 3 is 2.59 bits per heavy atom. The lowest BCUT2D eigenvalue weighted by Crippen LogP contribution is -2.17. The fourth-order valence-corrected chi connectivity index (χ4v) is 1.75. The molecule has 0 unspecified atom stereocenters. The van der Waals surface area contributed by atoms with E-state index in [-0.39, 0.29) is 17.1 Å². The van der Waals surface area contributed by atoms with Crippen molar-refractivity contribution in [3.8, 4) is 17.2 Å². The molecule has 0 spiro atoms. The van der Waals surface area contributed by atoms with Crippen LogP contribution >= 0.6 is 0 Å². The molecule has 6 heteroatoms. The van der Waals surface area contributed by atoms with Crippen LogP contribution in [0.1, 0.15) is 22.8 Å². The van der Waals surface area contributed by atoms with E-state index in [2.05, 4.69) is 10.5 Å². The minimum atomic E-state index is -0.570. The fraction of sp³-hybridized carbons (Fsp3) is 0.125. The molecule has 2 aromatic carbocycles. The Morgan fingerprint density at radius 2 is 1.95 bits per heavy atom. The molecule has 2 aromatic rings. The maximum atomic E-state index is 11.8. The number of nitrogens with zero attached hydrogens (tertiary/aromatic N) is 1. The lowest BCUT2D eigenvalue weighted by molar-refractivity contribution is 0.0952. The van der Waals surface area contributed by atoms with Crippen molar-refractivity contribution in [2.24, 2.45) is 5.10 Å². The lowest BCUT2D eigenvalue weighted by Gasteiger charge is -2.04. The van der Waals surface area contributed by atoms with E-state index >= 15 is 0 Å². The number of nitrogens with one attached hydrogen (secondary N) is 1. The van der Waals surface area contributed by atoms with Crippen LogP contribution in [0.5, 0.6) is 17.2 Å². The second-order valence-electron chi connectivity index (χ2n) is 4.40. The normalized spacial score (nSPS) is 10.6. The predicted octanol–water partition coefficient (Wildman–Crippen LogP) is 2.26. The third-order valence-electron chi connectivity index (χ3n) is 2.80. The first-order valence-electron chi connectivity index (χ1n) is 6.68. The molecule has 1 amide bonds. The molecule has 0 heterocycles. The van der Waals surface area contributed by atoms with Gasteiger partial charge in [-0.2, -0.15) is 5.10 Å². The van der Waals surface area contributed by atoms with Gasteiger partial charge in [-0.25, -0.2) is 5.43 Å². The zero-order valence-electron chi connectivity index (χ0n) is 12.0. The molecular weight excluding hydrogens is 284 g/mol. The average molecular weight is 300 g/mol. The summed E-state index contributed by atoms with van der Waals surface area (Å²) in [4.78, 5) is 11.8. The summed E-state index contributed by atoms with van der Waals surface area (Å²) in [5.74, 6) is -0.238. The van der Waals surface area contributed by atoms with Gasteiger partial charge in [0, 0.05) is 6.07 Å². The largest absolute Gasteiger partial charge is 0.508 e. The second kappa shape index (κ2) is 7.12. The van der Waals surface area contributed by atoms with Crippen LogP contribution in [-0.4, -0.2) is 28.9 Å². The van der Waals surface area contributed by atoms with Crippen molar-refractivity contribution < 1.29 is 19.7 Å². The standard InChI is InChI=1S/C16H16N2O4/c1-2-22-13-6-3-11(4-7-13)10-17-18-16(21)14-8-5-12(19)9-15(14)20/h3-10,19-20H,2H2,1H3,(H,18,21)/b17-10+. The van der Waals surface area contributed by atoms with Gasteiger partial charge in [-0.3, -0.25) is 4.79 Å². The molecule has 6 nitrogen and oxygen atoms in total. The molecule has 114 valence electrons. The Kier molecular flexibility index (Phi) is 4.98. The number of carbonyl (C=O) groups is 1. The highest BCUT2D eigenvalue weighted by molar-refractivity contribution is 5.97. The van der Waals surface area contributed by atoms with Gasteiger partial charge in [0.1, 0.15) is 17.2 Å². The summed E-state index contributed by atoms with van der Waals surface area (Å²) < 4.78 is 5.32. The number of rotatable bonds is 5. The van der Waals surface area contributed by atoms with E-state index in [1.54, 1.807) is 24.3 Å². The molecule has 0 bridgehead atoms. The fourth-order valence-electron chi connectivity index (χ4n) is 1.75. The molecule has 3 N–H and O–H groups in total. The number of benzene rings is 2. The SMILES string of the molecule is CCOc1ccc(/C=N/NC(=O)c2ccc(O)cc2O)cc1. The van der Waals surface area contributed by atoms with Gasteiger partial charge in [-0.05, 0) is 48.9 Å². The third-order valence-corrected chi connectivity index (χ3v) is 2.80. The Balaban J connectivity index is 1.98. The molecule has 0 aliphatic heterocycles. The Bertz CT molecular complexity index is 681. The van der Waals surface area contributed by atoms with Gasteiger partial charge in [0.05, 0.1) is 18.4 Å². The first-order valence-corrected chi connectivity index (χ1v) is 6.68. The zero-order valence-corrected chi connectivity index (χ0v) is 12.0. The molecule has 2 rings (SSSR count). The molecule has 22 heavy (non-hydrogen) atoms. The summed E-state index contributed by atoms with van der Waals surface area (Å²) in [5, 5.41) is 22.6. The highest BCUT2D eigenvalue weighted by atomic mass is 16.5. The average Bonchev–Trinajstić information content (AvgIpc) is 2.49. The third kappa shape index (κ3) is 3.99. The van der Waals surface area contributed by atoms with Gasteiger partial charge in [0.2, 0.25) is 0 Å². The number of ether oxygens (including phenoxy) is 1. The van der Waals surface area contributed by atoms with Crippen molar-refractivity contribution >= 4 is 12.1 Å². The van der Waals surface area contributed by atoms with Crippen LogP contribution < -0.4 is 10.2 Å². The smallest absolute Gasteiger partial charge is 0.275 e. The molecule has 0 radical (unpaired) electrons. The summed E-state index contributed by atoms with van der Waals surface area (Å²) in [7, 11) is 0. The van der Waals surface area contributed by atoms with E-state index in [0.717, 1.165) is 17.4 Å². The molecule has 0 saturated carbocycles. The maximum absolute atomic E-state index is 11.8. The number of amides is 1. The van der Waals surface area contributed by atoms with Crippen LogP contribution in [0.4, 0.5) is 0 Å². The Labute approximate surface area is 127 Å². The number of phenols is 2. The van der Waals surface area contributed by atoms with Crippen molar-refractivity contribution in [2.45, 2.75) is 6.92 Å². The van der Waals surface area contributed by atoms with E-state index in [1.165, 1.54) is 18.3 Å². The van der Waals surface area contributed by atoms with E-state index < -0.39 is 5.91 Å². The predicted molar refractivity (Wildman–Crippen MR) is 82.4 cm³/mol. The summed E-state index contributed by atoms with van der Waals surface area (Å²) >= 11 is 0. The summed E-state index contributed by atoms with van der Waals surface area (Å²) in [6.45, 7) is 2.50. The molecule has 0 saturated heterocycles. The van der Waals surface area contributed by atoms with E-state index in [1.807, 2.05) is 6.92 Å². The topological polar surface area (TPSA) is 91.2 Å². The van der Waals surface area contributed by atoms with Gasteiger partial charge < -0.3 is 14.9 Å². The summed E-state index contributed by atoms with van der Waals surface area (Å²) in [5.41, 5.74) is 3.12. The number of carbonyl (C=O) groups excluding carboxylic acids is 1. The zero-order chi connectivity index (χ0) is 15.9. The highest BCUT2D eigenvalue weighted by Gasteiger charge is 2.10. The number of hydrogen-bond acceptors (Lipinski definition) is 5. The van der Waals surface area contributed by atoms with Crippen LogP contribution in [0, 0.1) is 0 Å². The first kappa shape index (κ1) is 15.4. The van der Waals surface area contributed by atoms with Crippen molar-refractivity contribution in [3.05, 3.63) is 53.6 Å².